The van der Waals surface area contributed by atoms with Crippen molar-refractivity contribution >= 4 is 5.91 Å². The van der Waals surface area contributed by atoms with Crippen LogP contribution in [0.5, 0.6) is 0 Å². The molecule has 0 aromatic carbocycles. The second-order valence-corrected chi connectivity index (χ2v) is 7.71. The smallest absolute Gasteiger partial charge is 0.267 e. The zero-order valence-electron chi connectivity index (χ0n) is 15.7. The summed E-state index contributed by atoms with van der Waals surface area (Å²) in [5, 5.41) is 0. The predicted octanol–water partition coefficient (Wildman–Crippen LogP) is 2.94. The molecule has 1 aromatic heterocycles. The molecule has 3 rings (SSSR count). The summed E-state index contributed by atoms with van der Waals surface area (Å²) >= 11 is 0. The summed E-state index contributed by atoms with van der Waals surface area (Å²) in [6.45, 7) is 6.71. The number of carbonyl (C=O) groups is 1. The van der Waals surface area contributed by atoms with Crippen molar-refractivity contribution in [3.05, 3.63) is 29.6 Å². The van der Waals surface area contributed by atoms with Crippen LogP contribution >= 0.6 is 0 Å². The lowest BCUT2D eigenvalue weighted by molar-refractivity contribution is -0.173. The van der Waals surface area contributed by atoms with E-state index in [9.17, 15) is 4.79 Å². The minimum absolute atomic E-state index is 0.326. The summed E-state index contributed by atoms with van der Waals surface area (Å²) in [6, 6.07) is 4.47. The Morgan fingerprint density at radius 2 is 2.12 bits per heavy atom. The van der Waals surface area contributed by atoms with Gasteiger partial charge in [0, 0.05) is 44.3 Å². The molecule has 1 aliphatic carbocycles. The number of primary amides is 1. The number of fused-ring (bicyclic) bond motifs is 2. The number of hydrogen-bond donors (Lipinski definition) is 1. The maximum Gasteiger partial charge on any atom is 0.267 e. The number of piperidine rings is 1. The number of pyridine rings is 1. The molecule has 5 heteroatoms. The lowest BCUT2D eigenvalue weighted by atomic mass is 9.62. The van der Waals surface area contributed by atoms with Crippen LogP contribution in [0.15, 0.2) is 18.3 Å². The number of aromatic nitrogens is 1. The number of nitrogens with zero attached hydrogens (tertiary/aromatic N) is 2. The average molecular weight is 345 g/mol. The van der Waals surface area contributed by atoms with Crippen molar-refractivity contribution in [2.45, 2.75) is 57.6 Å². The zero-order valence-corrected chi connectivity index (χ0v) is 15.7. The van der Waals surface area contributed by atoms with Crippen LogP contribution < -0.4 is 5.73 Å². The number of likely N-dealkylation sites (tertiary alicyclic amines) is 1. The SMILES string of the molecule is CCCC(C)N1C[C@H]2CCC[C@@H](C1)[C@@]2(OC)c1ccnc(C(N)=O)c1. The minimum Gasteiger partial charge on any atom is -0.373 e. The molecule has 138 valence electrons. The van der Waals surface area contributed by atoms with Gasteiger partial charge in [0.2, 0.25) is 0 Å². The van der Waals surface area contributed by atoms with Crippen LogP contribution in [0, 0.1) is 11.8 Å². The van der Waals surface area contributed by atoms with Crippen LogP contribution in [-0.2, 0) is 10.3 Å². The number of nitrogens with two attached hydrogens (primary N) is 1. The summed E-state index contributed by atoms with van der Waals surface area (Å²) < 4.78 is 6.25. The quantitative estimate of drug-likeness (QED) is 0.861. The van der Waals surface area contributed by atoms with Crippen molar-refractivity contribution in [1.29, 1.82) is 0 Å². The Morgan fingerprint density at radius 1 is 1.44 bits per heavy atom. The van der Waals surface area contributed by atoms with E-state index in [0.717, 1.165) is 31.5 Å². The Hall–Kier alpha value is -1.46. The fourth-order valence-electron chi connectivity index (χ4n) is 5.16. The van der Waals surface area contributed by atoms with E-state index in [0.29, 0.717) is 23.6 Å². The molecule has 2 bridgehead atoms. The highest BCUT2D eigenvalue weighted by Gasteiger charge is 2.53. The van der Waals surface area contributed by atoms with Crippen molar-refractivity contribution in [3.63, 3.8) is 0 Å². The van der Waals surface area contributed by atoms with E-state index in [4.69, 9.17) is 10.5 Å². The third-order valence-electron chi connectivity index (χ3n) is 6.36. The molecule has 2 heterocycles. The third-order valence-corrected chi connectivity index (χ3v) is 6.36. The van der Waals surface area contributed by atoms with E-state index in [2.05, 4.69) is 23.7 Å². The van der Waals surface area contributed by atoms with E-state index in [1.807, 2.05) is 19.2 Å². The van der Waals surface area contributed by atoms with Gasteiger partial charge in [-0.15, -0.1) is 0 Å². The van der Waals surface area contributed by atoms with Gasteiger partial charge in [0.1, 0.15) is 11.3 Å². The molecule has 2 N–H and O–H groups in total. The highest BCUT2D eigenvalue weighted by atomic mass is 16.5. The lowest BCUT2D eigenvalue weighted by Gasteiger charge is -2.56. The summed E-state index contributed by atoms with van der Waals surface area (Å²) in [6.07, 6.45) is 7.72. The summed E-state index contributed by atoms with van der Waals surface area (Å²) in [5.41, 5.74) is 6.53. The first kappa shape index (κ1) is 18.3. The number of methoxy groups -OCH3 is 1. The van der Waals surface area contributed by atoms with Gasteiger partial charge in [0.05, 0.1) is 0 Å². The Kier molecular flexibility index (Phi) is 5.44. The Balaban J connectivity index is 1.96. The van der Waals surface area contributed by atoms with E-state index < -0.39 is 5.91 Å². The normalized spacial score (nSPS) is 30.8. The van der Waals surface area contributed by atoms with Crippen LogP contribution in [0.25, 0.3) is 0 Å². The van der Waals surface area contributed by atoms with Crippen LogP contribution in [-0.4, -0.2) is 42.0 Å². The predicted molar refractivity (Wildman–Crippen MR) is 98.2 cm³/mol. The first-order valence-corrected chi connectivity index (χ1v) is 9.58. The molecule has 1 unspecified atom stereocenters. The van der Waals surface area contributed by atoms with Crippen LogP contribution in [0.3, 0.4) is 0 Å². The molecule has 0 radical (unpaired) electrons. The van der Waals surface area contributed by atoms with Gasteiger partial charge in [0.15, 0.2) is 0 Å². The molecule has 1 saturated heterocycles. The minimum atomic E-state index is -0.479. The van der Waals surface area contributed by atoms with Crippen molar-refractivity contribution in [1.82, 2.24) is 9.88 Å². The fourth-order valence-corrected chi connectivity index (χ4v) is 5.16. The van der Waals surface area contributed by atoms with E-state index >= 15 is 0 Å². The molecule has 1 amide bonds. The van der Waals surface area contributed by atoms with Crippen LogP contribution in [0.4, 0.5) is 0 Å². The molecular formula is C20H31N3O2. The van der Waals surface area contributed by atoms with Gasteiger partial charge in [0.25, 0.3) is 5.91 Å². The van der Waals surface area contributed by atoms with Crippen molar-refractivity contribution in [2.24, 2.45) is 17.6 Å². The van der Waals surface area contributed by atoms with Crippen molar-refractivity contribution in [3.8, 4) is 0 Å². The first-order chi connectivity index (χ1) is 12.0. The Labute approximate surface area is 150 Å². The van der Waals surface area contributed by atoms with Crippen molar-refractivity contribution < 1.29 is 9.53 Å². The molecule has 4 atom stereocenters. The molecule has 2 aliphatic rings. The number of ether oxygens (including phenoxy) is 1. The highest BCUT2D eigenvalue weighted by molar-refractivity contribution is 5.90. The summed E-state index contributed by atoms with van der Waals surface area (Å²) in [5.74, 6) is 0.395. The monoisotopic (exact) mass is 345 g/mol. The van der Waals surface area contributed by atoms with Gasteiger partial charge in [-0.3, -0.25) is 14.7 Å². The van der Waals surface area contributed by atoms with Crippen LogP contribution in [0.2, 0.25) is 0 Å². The number of rotatable bonds is 6. The van der Waals surface area contributed by atoms with Crippen molar-refractivity contribution in [2.75, 3.05) is 20.2 Å². The van der Waals surface area contributed by atoms with Gasteiger partial charge in [-0.1, -0.05) is 19.8 Å². The Morgan fingerprint density at radius 3 is 2.68 bits per heavy atom. The highest BCUT2D eigenvalue weighted by Crippen LogP contribution is 2.51. The molecule has 1 saturated carbocycles. The largest absolute Gasteiger partial charge is 0.373 e. The standard InChI is InChI=1S/C20H31N3O2/c1-4-6-14(2)23-12-16-7-5-8-17(13-23)20(16,25-3)15-9-10-22-18(11-15)19(21)24/h9-11,14,16-17H,4-8,12-13H2,1-3H3,(H2,21,24)/t14?,16-,17+,20-. The van der Waals surface area contributed by atoms with Gasteiger partial charge in [-0.2, -0.15) is 0 Å². The lowest BCUT2D eigenvalue weighted by Crippen LogP contribution is -2.60. The third kappa shape index (κ3) is 3.20. The van der Waals surface area contributed by atoms with E-state index in [1.54, 1.807) is 6.20 Å². The number of amides is 1. The van der Waals surface area contributed by atoms with E-state index in [-0.39, 0.29) is 5.60 Å². The molecule has 5 nitrogen and oxygen atoms in total. The molecule has 25 heavy (non-hydrogen) atoms. The Bertz CT molecular complexity index is 605. The maximum absolute atomic E-state index is 11.6. The average Bonchev–Trinajstić information content (AvgIpc) is 2.60. The maximum atomic E-state index is 11.6. The number of carbonyl (C=O) groups excluding carboxylic acids is 1. The van der Waals surface area contributed by atoms with Gasteiger partial charge in [-0.25, -0.2) is 0 Å². The van der Waals surface area contributed by atoms with Gasteiger partial charge < -0.3 is 10.5 Å². The second kappa shape index (κ2) is 7.42. The topological polar surface area (TPSA) is 68.4 Å². The van der Waals surface area contributed by atoms with Gasteiger partial charge in [-0.05, 0) is 43.9 Å². The molecule has 1 aliphatic heterocycles. The van der Waals surface area contributed by atoms with E-state index in [1.165, 1.54) is 19.3 Å². The molecular weight excluding hydrogens is 314 g/mol. The zero-order chi connectivity index (χ0) is 18.0. The van der Waals surface area contributed by atoms with Crippen LogP contribution in [0.1, 0.15) is 62.0 Å². The number of hydrogen-bond acceptors (Lipinski definition) is 4. The molecule has 1 aromatic rings. The molecule has 0 spiro atoms. The molecule has 2 fully saturated rings. The van der Waals surface area contributed by atoms with Gasteiger partial charge >= 0.3 is 0 Å². The first-order valence-electron chi connectivity index (χ1n) is 9.58. The summed E-state index contributed by atoms with van der Waals surface area (Å²) in [7, 11) is 1.82. The fraction of sp³-hybridized carbons (Fsp3) is 0.700. The second-order valence-electron chi connectivity index (χ2n) is 7.71. The summed E-state index contributed by atoms with van der Waals surface area (Å²) in [4.78, 5) is 18.4.